The van der Waals surface area contributed by atoms with Crippen molar-refractivity contribution in [2.75, 3.05) is 6.56 Å². The summed E-state index contributed by atoms with van der Waals surface area (Å²) in [4.78, 5) is 14.4. The third-order valence-corrected chi connectivity index (χ3v) is 5.93. The number of nitrogens with one attached hydrogen (secondary N) is 1. The molecule has 3 heterocycles. The van der Waals surface area contributed by atoms with E-state index in [1.807, 2.05) is 0 Å². The number of terminal acetylenes is 1. The van der Waals surface area contributed by atoms with E-state index in [-0.39, 0.29) is 26.1 Å². The van der Waals surface area contributed by atoms with Crippen LogP contribution in [0.15, 0.2) is 29.2 Å². The van der Waals surface area contributed by atoms with Gasteiger partial charge in [0.25, 0.3) is 5.85 Å². The SMILES string of the molecule is [2H]C([2H])(OP1(=O)OCc2cc(F)ccc2O1)[C@@]1(F)O[C@@]([2H])(n2cc(C#C)c(=S)[nH]c2=O)[C@H](O)[C@@H]1O. The zero-order valence-corrected chi connectivity index (χ0v) is 17.4. The lowest BCUT2D eigenvalue weighted by atomic mass is 10.1. The molecule has 0 radical (unpaired) electrons. The number of aliphatic hydroxyl groups excluding tert-OH is 2. The molecule has 0 aliphatic carbocycles. The number of H-pyrrole nitrogens is 1. The number of rotatable bonds is 4. The van der Waals surface area contributed by atoms with Crippen molar-refractivity contribution in [3.63, 3.8) is 0 Å². The van der Waals surface area contributed by atoms with Crippen molar-refractivity contribution >= 4 is 20.0 Å². The third-order valence-electron chi connectivity index (χ3n) is 4.43. The molecule has 1 aromatic heterocycles. The Morgan fingerprint density at radius 1 is 1.56 bits per heavy atom. The second kappa shape index (κ2) is 8.17. The van der Waals surface area contributed by atoms with E-state index < -0.39 is 56.8 Å². The van der Waals surface area contributed by atoms with Crippen LogP contribution in [0.25, 0.3) is 0 Å². The predicted molar refractivity (Wildman–Crippen MR) is 105 cm³/mol. The number of ether oxygens (including phenoxy) is 1. The van der Waals surface area contributed by atoms with Gasteiger partial charge in [-0.25, -0.2) is 18.1 Å². The Labute approximate surface area is 188 Å². The zero-order valence-electron chi connectivity index (χ0n) is 18.7. The van der Waals surface area contributed by atoms with Crippen LogP contribution in [0.3, 0.4) is 0 Å². The zero-order chi connectivity index (χ0) is 26.0. The van der Waals surface area contributed by atoms with E-state index in [0.717, 1.165) is 24.4 Å². The highest BCUT2D eigenvalue weighted by Gasteiger charge is 2.57. The van der Waals surface area contributed by atoms with Crippen molar-refractivity contribution in [3.8, 4) is 18.1 Å². The molecule has 10 nitrogen and oxygen atoms in total. The van der Waals surface area contributed by atoms with E-state index in [0.29, 0.717) is 0 Å². The van der Waals surface area contributed by atoms with Gasteiger partial charge in [-0.1, -0.05) is 18.1 Å². The molecule has 3 N–H and O–H groups in total. The maximum Gasteiger partial charge on any atom is 0.530 e. The number of phosphoric ester groups is 1. The fraction of sp³-hybridized carbons (Fsp3) is 0.333. The minimum atomic E-state index is -4.95. The number of hydrogen-bond donors (Lipinski definition) is 3. The Balaban J connectivity index is 1.69. The Hall–Kier alpha value is -2.43. The van der Waals surface area contributed by atoms with Crippen LogP contribution in [-0.4, -0.2) is 44.4 Å². The minimum absolute atomic E-state index is 0.0958. The Kier molecular flexibility index (Phi) is 4.87. The summed E-state index contributed by atoms with van der Waals surface area (Å²) in [5.74, 6) is -2.90. The van der Waals surface area contributed by atoms with E-state index in [1.54, 1.807) is 0 Å². The number of halogens is 2. The van der Waals surface area contributed by atoms with Crippen LogP contribution in [0, 0.1) is 22.8 Å². The maximum absolute atomic E-state index is 15.9. The van der Waals surface area contributed by atoms with E-state index in [4.69, 9.17) is 36.5 Å². The maximum atomic E-state index is 15.9. The van der Waals surface area contributed by atoms with Gasteiger partial charge in [0.1, 0.15) is 35.0 Å². The number of phosphoric acid groups is 1. The van der Waals surface area contributed by atoms with E-state index in [1.165, 1.54) is 0 Å². The van der Waals surface area contributed by atoms with E-state index >= 15 is 4.39 Å². The quantitative estimate of drug-likeness (QED) is 0.332. The summed E-state index contributed by atoms with van der Waals surface area (Å²) in [6, 6.07) is 2.99. The van der Waals surface area contributed by atoms with Gasteiger partial charge in [0, 0.05) is 11.8 Å². The van der Waals surface area contributed by atoms with Crippen LogP contribution < -0.4 is 10.2 Å². The van der Waals surface area contributed by atoms with Crippen LogP contribution in [-0.2, 0) is 25.0 Å². The van der Waals surface area contributed by atoms with Crippen molar-refractivity contribution in [2.24, 2.45) is 0 Å². The highest BCUT2D eigenvalue weighted by molar-refractivity contribution is 7.71. The van der Waals surface area contributed by atoms with Gasteiger partial charge < -0.3 is 19.5 Å². The Morgan fingerprint density at radius 2 is 2.31 bits per heavy atom. The van der Waals surface area contributed by atoms with E-state index in [2.05, 4.69) is 15.4 Å². The molecule has 14 heteroatoms. The van der Waals surface area contributed by atoms with Gasteiger partial charge in [-0.2, -0.15) is 0 Å². The summed E-state index contributed by atoms with van der Waals surface area (Å²) in [6.07, 6.45) is -2.64. The number of aromatic nitrogens is 2. The summed E-state index contributed by atoms with van der Waals surface area (Å²) in [5, 5.41) is 20.7. The van der Waals surface area contributed by atoms with Crippen LogP contribution in [0.1, 0.15) is 21.4 Å². The lowest BCUT2D eigenvalue weighted by molar-refractivity contribution is -0.205. The molecule has 2 aromatic rings. The summed E-state index contributed by atoms with van der Waals surface area (Å²) < 4.78 is 85.6. The molecule has 32 heavy (non-hydrogen) atoms. The van der Waals surface area contributed by atoms with Crippen LogP contribution in [0.5, 0.6) is 5.75 Å². The van der Waals surface area contributed by atoms with Crippen molar-refractivity contribution in [1.29, 1.82) is 0 Å². The second-order valence-corrected chi connectivity index (χ2v) is 8.47. The molecule has 0 bridgehead atoms. The van der Waals surface area contributed by atoms with Crippen molar-refractivity contribution in [1.82, 2.24) is 9.55 Å². The number of alkyl halides is 1. The summed E-state index contributed by atoms with van der Waals surface area (Å²) in [6.45, 7) is -4.48. The van der Waals surface area contributed by atoms with Gasteiger partial charge in [0.2, 0.25) is 0 Å². The Morgan fingerprint density at radius 3 is 3.03 bits per heavy atom. The highest BCUT2D eigenvalue weighted by Crippen LogP contribution is 2.55. The molecule has 2 aliphatic rings. The summed E-state index contributed by atoms with van der Waals surface area (Å²) >= 11 is 4.85. The molecule has 4 rings (SSSR count). The van der Waals surface area contributed by atoms with Gasteiger partial charge in [-0.05, 0) is 18.2 Å². The van der Waals surface area contributed by atoms with Crippen molar-refractivity contribution < 1.29 is 46.0 Å². The molecule has 0 amide bonds. The van der Waals surface area contributed by atoms with Gasteiger partial charge in [0.15, 0.2) is 6.20 Å². The summed E-state index contributed by atoms with van der Waals surface area (Å²) in [5.41, 5.74) is -1.29. The van der Waals surface area contributed by atoms with Gasteiger partial charge in [-0.3, -0.25) is 18.6 Å². The summed E-state index contributed by atoms with van der Waals surface area (Å²) in [7, 11) is -4.95. The fourth-order valence-corrected chi connectivity index (χ4v) is 4.12. The first-order valence-electron chi connectivity index (χ1n) is 10.2. The minimum Gasteiger partial charge on any atom is -0.404 e. The molecule has 1 unspecified atom stereocenters. The smallest absolute Gasteiger partial charge is 0.404 e. The standard InChI is InChI=1S/C18H15F2N2O8PS/c1-2-9-6-22(17(25)21-15(9)32)16-13(23)14(24)18(20,29-16)8-28-31(26)27-7-10-5-11(19)3-4-12(10)30-31/h1,3-6,13-14,16,23-24H,7-8H2,(H,21,25,32)/t13-,14+,16-,18-,31?/m1/s1/i8D2,16D. The number of fused-ring (bicyclic) bond motifs is 1. The molecular formula is C18H15F2N2O8PS. The molecule has 5 atom stereocenters. The fourth-order valence-electron chi connectivity index (χ4n) is 2.83. The highest BCUT2D eigenvalue weighted by atomic mass is 32.1. The largest absolute Gasteiger partial charge is 0.530 e. The molecule has 1 saturated heterocycles. The lowest BCUT2D eigenvalue weighted by Gasteiger charge is -2.28. The van der Waals surface area contributed by atoms with Crippen molar-refractivity contribution in [3.05, 3.63) is 56.5 Å². The number of nitrogens with zero attached hydrogens (tertiary/aromatic N) is 1. The average molecular weight is 491 g/mol. The van der Waals surface area contributed by atoms with Gasteiger partial charge in [-0.15, -0.1) is 6.42 Å². The number of benzene rings is 1. The molecule has 1 fully saturated rings. The molecule has 0 saturated carbocycles. The van der Waals surface area contributed by atoms with Crippen molar-refractivity contribution in [2.45, 2.75) is 30.9 Å². The number of aromatic amines is 1. The van der Waals surface area contributed by atoms with E-state index in [9.17, 15) is 24.0 Å². The van der Waals surface area contributed by atoms with Crippen LogP contribution >= 0.6 is 20.0 Å². The molecule has 1 aromatic carbocycles. The topological polar surface area (TPSA) is 132 Å². The van der Waals surface area contributed by atoms with Gasteiger partial charge in [0.05, 0.1) is 16.3 Å². The normalized spacial score (nSPS) is 35.7. The van der Waals surface area contributed by atoms with Crippen LogP contribution in [0.2, 0.25) is 0 Å². The number of hydrogen-bond acceptors (Lipinski definition) is 9. The molecule has 2 aliphatic heterocycles. The Bertz CT molecular complexity index is 1420. The predicted octanol–water partition coefficient (Wildman–Crippen LogP) is 1.68. The van der Waals surface area contributed by atoms with Gasteiger partial charge >= 0.3 is 13.5 Å². The first kappa shape index (κ1) is 19.1. The molecule has 170 valence electrons. The van der Waals surface area contributed by atoms with Crippen LogP contribution in [0.4, 0.5) is 8.78 Å². The first-order chi connectivity index (χ1) is 16.2. The monoisotopic (exact) mass is 491 g/mol. The second-order valence-electron chi connectivity index (χ2n) is 6.55. The molecular weight excluding hydrogens is 473 g/mol. The number of aliphatic hydroxyl groups is 2. The molecule has 0 spiro atoms. The lowest BCUT2D eigenvalue weighted by Crippen LogP contribution is -2.43. The average Bonchev–Trinajstić information content (AvgIpc) is 2.95. The first-order valence-corrected chi connectivity index (χ1v) is 10.5. The third kappa shape index (κ3) is 4.02.